The number of hydrogen-bond acceptors (Lipinski definition) is 3. The molecule has 86 valence electrons. The van der Waals surface area contributed by atoms with Crippen LogP contribution in [-0.2, 0) is 10.4 Å². The lowest BCUT2D eigenvalue weighted by atomic mass is 9.91. The van der Waals surface area contributed by atoms with E-state index in [9.17, 15) is 9.90 Å². The number of aliphatic hydroxyl groups is 1. The first-order valence-electron chi connectivity index (χ1n) is 5.43. The summed E-state index contributed by atoms with van der Waals surface area (Å²) in [5.74, 6) is 0.209. The van der Waals surface area contributed by atoms with Crippen molar-refractivity contribution >= 4 is 5.97 Å². The molecule has 1 aliphatic rings. The standard InChI is InChI=1S/C13H16O3/c1-7(2)9-5-8(3)6-10-11(9)16-12(14)13(10,4)15/h5-7,15H,1-4H3. The number of fused-ring (bicyclic) bond motifs is 1. The Bertz CT molecular complexity index is 458. The number of carbonyl (C=O) groups excluding carboxylic acids is 1. The fourth-order valence-electron chi connectivity index (χ4n) is 2.01. The average Bonchev–Trinajstić information content (AvgIpc) is 2.39. The highest BCUT2D eigenvalue weighted by Crippen LogP contribution is 2.43. The Labute approximate surface area is 95.0 Å². The average molecular weight is 220 g/mol. The third-order valence-corrected chi connectivity index (χ3v) is 3.00. The Hall–Kier alpha value is -1.35. The molecule has 1 heterocycles. The molecule has 0 aliphatic carbocycles. The van der Waals surface area contributed by atoms with E-state index < -0.39 is 11.6 Å². The van der Waals surface area contributed by atoms with Gasteiger partial charge in [-0.1, -0.05) is 25.5 Å². The molecule has 0 amide bonds. The molecule has 3 nitrogen and oxygen atoms in total. The third kappa shape index (κ3) is 1.43. The second-order valence-corrected chi connectivity index (χ2v) is 4.85. The minimum atomic E-state index is -1.51. The lowest BCUT2D eigenvalue weighted by molar-refractivity contribution is -0.150. The summed E-state index contributed by atoms with van der Waals surface area (Å²) in [5.41, 5.74) is 1.08. The topological polar surface area (TPSA) is 46.5 Å². The maximum Gasteiger partial charge on any atom is 0.348 e. The van der Waals surface area contributed by atoms with Crippen LogP contribution in [0.5, 0.6) is 5.75 Å². The predicted molar refractivity (Wildman–Crippen MR) is 60.5 cm³/mol. The molecule has 0 radical (unpaired) electrons. The van der Waals surface area contributed by atoms with Crippen molar-refractivity contribution in [1.29, 1.82) is 0 Å². The molecule has 0 aromatic heterocycles. The van der Waals surface area contributed by atoms with Crippen molar-refractivity contribution in [3.63, 3.8) is 0 Å². The van der Waals surface area contributed by atoms with Gasteiger partial charge in [0.05, 0.1) is 0 Å². The fraction of sp³-hybridized carbons (Fsp3) is 0.462. The van der Waals surface area contributed by atoms with Gasteiger partial charge in [0.25, 0.3) is 0 Å². The molecular weight excluding hydrogens is 204 g/mol. The number of benzene rings is 1. The molecule has 1 atom stereocenters. The highest BCUT2D eigenvalue weighted by atomic mass is 16.6. The second-order valence-electron chi connectivity index (χ2n) is 4.85. The fourth-order valence-corrected chi connectivity index (χ4v) is 2.01. The first-order chi connectivity index (χ1) is 7.34. The number of hydrogen-bond donors (Lipinski definition) is 1. The van der Waals surface area contributed by atoms with Crippen molar-refractivity contribution in [2.75, 3.05) is 0 Å². The zero-order chi connectivity index (χ0) is 12.1. The molecule has 0 saturated carbocycles. The normalized spacial score (nSPS) is 23.5. The van der Waals surface area contributed by atoms with Crippen LogP contribution in [-0.4, -0.2) is 11.1 Å². The van der Waals surface area contributed by atoms with Crippen LogP contribution in [0.15, 0.2) is 12.1 Å². The largest absolute Gasteiger partial charge is 0.423 e. The van der Waals surface area contributed by atoms with Crippen molar-refractivity contribution in [3.05, 3.63) is 28.8 Å². The summed E-state index contributed by atoms with van der Waals surface area (Å²) in [4.78, 5) is 11.6. The van der Waals surface area contributed by atoms with Gasteiger partial charge in [-0.25, -0.2) is 4.79 Å². The van der Waals surface area contributed by atoms with Crippen molar-refractivity contribution in [2.24, 2.45) is 0 Å². The molecule has 2 rings (SSSR count). The summed E-state index contributed by atoms with van der Waals surface area (Å²) in [6, 6.07) is 3.81. The van der Waals surface area contributed by atoms with Gasteiger partial charge in [0.1, 0.15) is 5.75 Å². The molecule has 1 N–H and O–H groups in total. The van der Waals surface area contributed by atoms with Crippen LogP contribution in [0.4, 0.5) is 0 Å². The molecule has 1 aromatic carbocycles. The van der Waals surface area contributed by atoms with E-state index in [1.54, 1.807) is 0 Å². The van der Waals surface area contributed by atoms with Crippen molar-refractivity contribution in [3.8, 4) is 5.75 Å². The molecule has 0 spiro atoms. The first kappa shape index (κ1) is 11.1. The molecule has 0 bridgehead atoms. The number of aryl methyl sites for hydroxylation is 1. The Morgan fingerprint density at radius 2 is 2.00 bits per heavy atom. The number of carbonyl (C=O) groups is 1. The molecular formula is C13H16O3. The first-order valence-corrected chi connectivity index (χ1v) is 5.43. The van der Waals surface area contributed by atoms with Gasteiger partial charge in [-0.05, 0) is 31.4 Å². The van der Waals surface area contributed by atoms with Gasteiger partial charge in [0.2, 0.25) is 0 Å². The summed E-state index contributed by atoms with van der Waals surface area (Å²) in [5, 5.41) is 10.1. The van der Waals surface area contributed by atoms with Gasteiger partial charge in [0, 0.05) is 5.56 Å². The highest BCUT2D eigenvalue weighted by Gasteiger charge is 2.44. The van der Waals surface area contributed by atoms with E-state index in [-0.39, 0.29) is 5.92 Å². The van der Waals surface area contributed by atoms with Crippen LogP contribution in [0, 0.1) is 6.92 Å². The summed E-state index contributed by atoms with van der Waals surface area (Å²) < 4.78 is 5.18. The minimum Gasteiger partial charge on any atom is -0.423 e. The zero-order valence-corrected chi connectivity index (χ0v) is 10.00. The Kier molecular flexibility index (Phi) is 2.31. The van der Waals surface area contributed by atoms with Crippen molar-refractivity contribution in [2.45, 2.75) is 39.2 Å². The second kappa shape index (κ2) is 3.32. The van der Waals surface area contributed by atoms with E-state index in [0.29, 0.717) is 11.3 Å². The Balaban J connectivity index is 2.70. The zero-order valence-electron chi connectivity index (χ0n) is 10.00. The monoisotopic (exact) mass is 220 g/mol. The summed E-state index contributed by atoms with van der Waals surface area (Å²) in [6.45, 7) is 7.50. The van der Waals surface area contributed by atoms with E-state index in [0.717, 1.165) is 11.1 Å². The number of ether oxygens (including phenoxy) is 1. The lowest BCUT2D eigenvalue weighted by Crippen LogP contribution is -2.29. The quantitative estimate of drug-likeness (QED) is 0.583. The van der Waals surface area contributed by atoms with Gasteiger partial charge < -0.3 is 9.84 Å². The van der Waals surface area contributed by atoms with Gasteiger partial charge in [-0.15, -0.1) is 0 Å². The van der Waals surface area contributed by atoms with Crippen LogP contribution in [0.3, 0.4) is 0 Å². The molecule has 0 saturated heterocycles. The molecule has 0 fully saturated rings. The van der Waals surface area contributed by atoms with Crippen molar-refractivity contribution < 1.29 is 14.6 Å². The third-order valence-electron chi connectivity index (χ3n) is 3.00. The maximum atomic E-state index is 11.6. The van der Waals surface area contributed by atoms with Crippen LogP contribution in [0.2, 0.25) is 0 Å². The van der Waals surface area contributed by atoms with Gasteiger partial charge in [-0.3, -0.25) is 0 Å². The SMILES string of the molecule is Cc1cc(C(C)C)c2c(c1)C(C)(O)C(=O)O2. The van der Waals surface area contributed by atoms with E-state index in [1.165, 1.54) is 6.92 Å². The van der Waals surface area contributed by atoms with Crippen LogP contribution < -0.4 is 4.74 Å². The molecule has 1 aliphatic heterocycles. The van der Waals surface area contributed by atoms with Crippen LogP contribution in [0.1, 0.15) is 43.4 Å². The van der Waals surface area contributed by atoms with E-state index >= 15 is 0 Å². The van der Waals surface area contributed by atoms with Crippen LogP contribution in [0.25, 0.3) is 0 Å². The van der Waals surface area contributed by atoms with E-state index in [4.69, 9.17) is 4.74 Å². The number of esters is 1. The Morgan fingerprint density at radius 3 is 2.56 bits per heavy atom. The summed E-state index contributed by atoms with van der Waals surface area (Å²) in [7, 11) is 0. The van der Waals surface area contributed by atoms with E-state index in [1.807, 2.05) is 32.9 Å². The molecule has 1 unspecified atom stereocenters. The van der Waals surface area contributed by atoms with Gasteiger partial charge >= 0.3 is 5.97 Å². The Morgan fingerprint density at radius 1 is 1.38 bits per heavy atom. The highest BCUT2D eigenvalue weighted by molar-refractivity contribution is 5.89. The minimum absolute atomic E-state index is 0.260. The number of rotatable bonds is 1. The lowest BCUT2D eigenvalue weighted by Gasteiger charge is -2.14. The molecule has 1 aromatic rings. The molecule has 16 heavy (non-hydrogen) atoms. The van der Waals surface area contributed by atoms with Gasteiger partial charge in [-0.2, -0.15) is 0 Å². The van der Waals surface area contributed by atoms with Crippen molar-refractivity contribution in [1.82, 2.24) is 0 Å². The smallest absolute Gasteiger partial charge is 0.348 e. The summed E-state index contributed by atoms with van der Waals surface area (Å²) in [6.07, 6.45) is 0. The van der Waals surface area contributed by atoms with Gasteiger partial charge in [0.15, 0.2) is 5.60 Å². The summed E-state index contributed by atoms with van der Waals surface area (Å²) >= 11 is 0. The molecule has 3 heteroatoms. The predicted octanol–water partition coefficient (Wildman–Crippen LogP) is 2.24. The van der Waals surface area contributed by atoms with Crippen LogP contribution >= 0.6 is 0 Å². The van der Waals surface area contributed by atoms with E-state index in [2.05, 4.69) is 0 Å². The maximum absolute atomic E-state index is 11.6.